The minimum atomic E-state index is -0.707. The molecule has 0 radical (unpaired) electrons. The van der Waals surface area contributed by atoms with E-state index in [1.807, 2.05) is 13.8 Å². The number of hydrogen-bond acceptors (Lipinski definition) is 9. The number of carbonyl (C=O) groups is 2. The average molecular weight is 549 g/mol. The molecule has 3 atom stereocenters. The Balaban J connectivity index is 1.86. The van der Waals surface area contributed by atoms with Crippen LogP contribution in [-0.2, 0) is 25.6 Å². The molecule has 0 aliphatic heterocycles. The number of H-pyrrole nitrogens is 1. The van der Waals surface area contributed by atoms with Crippen molar-refractivity contribution < 1.29 is 19.1 Å². The number of imidazole rings is 1. The van der Waals surface area contributed by atoms with E-state index in [1.54, 1.807) is 4.57 Å². The van der Waals surface area contributed by atoms with Crippen LogP contribution in [0.5, 0.6) is 0 Å². The second kappa shape index (κ2) is 17.6. The molecule has 1 unspecified atom stereocenters. The first-order chi connectivity index (χ1) is 18.8. The quantitative estimate of drug-likeness (QED) is 0.163. The number of esters is 2. The standard InChI is InChI=1S/C28H48N6O5/c1-4-6-7-8-9-10-11-12-13-14-22(35)38-17-21(18-39-27(37)23(29)20(3)5-2)15-16-34-19-31-24-25(34)32-28(30)33-26(24)36/h19-21,23H,4-18,29H2,1-3H3,(H3,30,32,33,36)/t20-,21?,23-/m0/s1. The number of nitrogens with zero attached hydrogens (tertiary/aromatic N) is 3. The Labute approximate surface area is 231 Å². The number of anilines is 1. The Morgan fingerprint density at radius 2 is 1.67 bits per heavy atom. The van der Waals surface area contributed by atoms with Gasteiger partial charge in [0.15, 0.2) is 11.2 Å². The van der Waals surface area contributed by atoms with Crippen LogP contribution in [0.1, 0.15) is 97.8 Å². The van der Waals surface area contributed by atoms with E-state index in [0.717, 1.165) is 25.7 Å². The average Bonchev–Trinajstić information content (AvgIpc) is 3.33. The van der Waals surface area contributed by atoms with Crippen molar-refractivity contribution in [3.05, 3.63) is 16.7 Å². The third kappa shape index (κ3) is 11.4. The number of aromatic amines is 1. The fraction of sp³-hybridized carbons (Fsp3) is 0.750. The van der Waals surface area contributed by atoms with Gasteiger partial charge in [-0.05, 0) is 18.8 Å². The van der Waals surface area contributed by atoms with E-state index in [9.17, 15) is 14.4 Å². The zero-order valence-electron chi connectivity index (χ0n) is 24.0. The van der Waals surface area contributed by atoms with Gasteiger partial charge in [0.05, 0.1) is 19.5 Å². The van der Waals surface area contributed by atoms with E-state index >= 15 is 0 Å². The van der Waals surface area contributed by atoms with Gasteiger partial charge in [0, 0.05) is 18.9 Å². The first-order valence-electron chi connectivity index (χ1n) is 14.5. The van der Waals surface area contributed by atoms with Gasteiger partial charge in [0.2, 0.25) is 5.95 Å². The molecule has 11 nitrogen and oxygen atoms in total. The van der Waals surface area contributed by atoms with Crippen LogP contribution in [0.3, 0.4) is 0 Å². The summed E-state index contributed by atoms with van der Waals surface area (Å²) in [5.41, 5.74) is 11.9. The highest BCUT2D eigenvalue weighted by Crippen LogP contribution is 2.15. The summed E-state index contributed by atoms with van der Waals surface area (Å²) in [6.45, 7) is 6.69. The van der Waals surface area contributed by atoms with E-state index in [0.29, 0.717) is 25.0 Å². The molecule has 0 saturated heterocycles. The number of aryl methyl sites for hydroxylation is 1. The van der Waals surface area contributed by atoms with Crippen molar-refractivity contribution >= 4 is 29.1 Å². The minimum Gasteiger partial charge on any atom is -0.465 e. The summed E-state index contributed by atoms with van der Waals surface area (Å²) in [6.07, 6.45) is 13.7. The Morgan fingerprint density at radius 1 is 1.03 bits per heavy atom. The van der Waals surface area contributed by atoms with Crippen molar-refractivity contribution in [1.29, 1.82) is 0 Å². The van der Waals surface area contributed by atoms with Crippen LogP contribution in [0.25, 0.3) is 11.2 Å². The summed E-state index contributed by atoms with van der Waals surface area (Å²) < 4.78 is 12.8. The van der Waals surface area contributed by atoms with Crippen LogP contribution in [0, 0.1) is 11.8 Å². The Hall–Kier alpha value is -2.95. The molecule has 2 aromatic heterocycles. The molecule has 11 heteroatoms. The third-order valence-electron chi connectivity index (χ3n) is 7.23. The van der Waals surface area contributed by atoms with Gasteiger partial charge < -0.3 is 25.5 Å². The number of nitrogen functional groups attached to an aromatic ring is 1. The molecule has 0 saturated carbocycles. The predicted molar refractivity (Wildman–Crippen MR) is 152 cm³/mol. The molecule has 0 bridgehead atoms. The molecule has 0 spiro atoms. The molecule has 0 fully saturated rings. The van der Waals surface area contributed by atoms with Gasteiger partial charge in [-0.1, -0.05) is 78.6 Å². The second-order valence-corrected chi connectivity index (χ2v) is 10.5. The van der Waals surface area contributed by atoms with Crippen LogP contribution in [0.15, 0.2) is 11.1 Å². The first-order valence-corrected chi connectivity index (χ1v) is 14.5. The zero-order chi connectivity index (χ0) is 28.6. The van der Waals surface area contributed by atoms with Crippen molar-refractivity contribution in [2.75, 3.05) is 18.9 Å². The molecule has 5 N–H and O–H groups in total. The second-order valence-electron chi connectivity index (χ2n) is 10.5. The first kappa shape index (κ1) is 32.3. The summed E-state index contributed by atoms with van der Waals surface area (Å²) in [6, 6.07) is -0.707. The van der Waals surface area contributed by atoms with Crippen LogP contribution in [-0.4, -0.2) is 50.7 Å². The Bertz CT molecular complexity index is 1070. The molecular formula is C28H48N6O5. The van der Waals surface area contributed by atoms with E-state index in [-0.39, 0.29) is 42.5 Å². The van der Waals surface area contributed by atoms with Gasteiger partial charge in [0.1, 0.15) is 6.04 Å². The normalized spacial score (nSPS) is 13.7. The number of ether oxygens (including phenoxy) is 2. The number of unbranched alkanes of at least 4 members (excludes halogenated alkanes) is 8. The maximum atomic E-state index is 12.4. The highest BCUT2D eigenvalue weighted by molar-refractivity contribution is 5.75. The molecule has 2 aromatic rings. The highest BCUT2D eigenvalue weighted by atomic mass is 16.5. The van der Waals surface area contributed by atoms with Gasteiger partial charge in [-0.25, -0.2) is 4.98 Å². The Kier molecular flexibility index (Phi) is 14.6. The molecule has 0 aliphatic rings. The lowest BCUT2D eigenvalue weighted by atomic mass is 10.0. The lowest BCUT2D eigenvalue weighted by molar-refractivity contribution is -0.151. The van der Waals surface area contributed by atoms with E-state index in [2.05, 4.69) is 21.9 Å². The van der Waals surface area contributed by atoms with Crippen LogP contribution >= 0.6 is 0 Å². The summed E-state index contributed by atoms with van der Waals surface area (Å²) >= 11 is 0. The van der Waals surface area contributed by atoms with E-state index in [4.69, 9.17) is 20.9 Å². The van der Waals surface area contributed by atoms with Gasteiger partial charge in [-0.3, -0.25) is 19.4 Å². The van der Waals surface area contributed by atoms with Crippen LogP contribution in [0.2, 0.25) is 0 Å². The topological polar surface area (TPSA) is 168 Å². The largest absolute Gasteiger partial charge is 0.465 e. The van der Waals surface area contributed by atoms with Gasteiger partial charge in [-0.15, -0.1) is 0 Å². The van der Waals surface area contributed by atoms with Crippen LogP contribution < -0.4 is 17.0 Å². The monoisotopic (exact) mass is 548 g/mol. The number of nitrogens with one attached hydrogen (secondary N) is 1. The lowest BCUT2D eigenvalue weighted by Crippen LogP contribution is -2.39. The van der Waals surface area contributed by atoms with Crippen molar-refractivity contribution in [2.24, 2.45) is 17.6 Å². The van der Waals surface area contributed by atoms with Gasteiger partial charge >= 0.3 is 11.9 Å². The highest BCUT2D eigenvalue weighted by Gasteiger charge is 2.23. The molecule has 39 heavy (non-hydrogen) atoms. The molecule has 220 valence electrons. The van der Waals surface area contributed by atoms with Crippen molar-refractivity contribution in [3.63, 3.8) is 0 Å². The number of nitrogens with two attached hydrogens (primary N) is 2. The lowest BCUT2D eigenvalue weighted by Gasteiger charge is -2.21. The number of aromatic nitrogens is 4. The fourth-order valence-corrected chi connectivity index (χ4v) is 4.32. The number of rotatable bonds is 20. The van der Waals surface area contributed by atoms with E-state index < -0.39 is 17.6 Å². The van der Waals surface area contributed by atoms with Crippen molar-refractivity contribution in [2.45, 2.75) is 110 Å². The van der Waals surface area contributed by atoms with Crippen molar-refractivity contribution in [3.8, 4) is 0 Å². The molecule has 2 heterocycles. The van der Waals surface area contributed by atoms with Crippen LogP contribution in [0.4, 0.5) is 5.95 Å². The number of fused-ring (bicyclic) bond motifs is 1. The minimum absolute atomic E-state index is 0.00273. The maximum Gasteiger partial charge on any atom is 0.323 e. The molecule has 2 rings (SSSR count). The predicted octanol–water partition coefficient (Wildman–Crippen LogP) is 4.09. The zero-order valence-corrected chi connectivity index (χ0v) is 24.0. The third-order valence-corrected chi connectivity index (χ3v) is 7.23. The summed E-state index contributed by atoms with van der Waals surface area (Å²) in [7, 11) is 0. The van der Waals surface area contributed by atoms with Crippen molar-refractivity contribution in [1.82, 2.24) is 19.5 Å². The van der Waals surface area contributed by atoms with E-state index in [1.165, 1.54) is 44.9 Å². The molecule has 0 amide bonds. The molecule has 0 aliphatic carbocycles. The molecule has 0 aromatic carbocycles. The van der Waals surface area contributed by atoms with Gasteiger partial charge in [0.25, 0.3) is 5.56 Å². The number of hydrogen-bond donors (Lipinski definition) is 3. The molecular weight excluding hydrogens is 500 g/mol. The Morgan fingerprint density at radius 3 is 2.33 bits per heavy atom. The summed E-state index contributed by atoms with van der Waals surface area (Å²) in [4.78, 5) is 47.6. The number of carbonyl (C=O) groups excluding carboxylic acids is 2. The summed E-state index contributed by atoms with van der Waals surface area (Å²) in [5, 5.41) is 0. The smallest absolute Gasteiger partial charge is 0.323 e. The fourth-order valence-electron chi connectivity index (χ4n) is 4.32. The summed E-state index contributed by atoms with van der Waals surface area (Å²) in [5.74, 6) is -0.979. The SMILES string of the molecule is CCCCCCCCCCCC(=O)OCC(CCn1cnc2c(=O)[nH]c(N)nc21)COC(=O)[C@@H](N)[C@@H](C)CC. The maximum absolute atomic E-state index is 12.4. The van der Waals surface area contributed by atoms with Gasteiger partial charge in [-0.2, -0.15) is 4.98 Å².